The van der Waals surface area contributed by atoms with E-state index in [9.17, 15) is 4.79 Å². The second-order valence-electron chi connectivity index (χ2n) is 4.67. The molecule has 1 aromatic carbocycles. The zero-order valence-corrected chi connectivity index (χ0v) is 12.4. The molecule has 4 nitrogen and oxygen atoms in total. The lowest BCUT2D eigenvalue weighted by Gasteiger charge is -2.29. The van der Waals surface area contributed by atoms with E-state index in [4.69, 9.17) is 5.73 Å². The van der Waals surface area contributed by atoms with Gasteiger partial charge in [-0.1, -0.05) is 12.1 Å². The number of para-hydroxylation sites is 1. The molecule has 1 fully saturated rings. The van der Waals surface area contributed by atoms with Crippen LogP contribution in [0.5, 0.6) is 0 Å². The summed E-state index contributed by atoms with van der Waals surface area (Å²) in [5, 5.41) is 2.94. The summed E-state index contributed by atoms with van der Waals surface area (Å²) in [5.74, 6) is 0.0354. The molecule has 3 N–H and O–H groups in total. The number of anilines is 1. The number of carbonyl (C=O) groups excluding carboxylic acids is 1. The van der Waals surface area contributed by atoms with Gasteiger partial charge in [-0.15, -0.1) is 0 Å². The van der Waals surface area contributed by atoms with E-state index in [-0.39, 0.29) is 11.9 Å². The fourth-order valence-electron chi connectivity index (χ4n) is 2.19. The Hall–Kier alpha value is -0.660. The van der Waals surface area contributed by atoms with Crippen molar-refractivity contribution in [3.05, 3.63) is 27.8 Å². The molecule has 0 bridgehead atoms. The van der Waals surface area contributed by atoms with Crippen molar-refractivity contribution in [2.24, 2.45) is 5.73 Å². The van der Waals surface area contributed by atoms with Gasteiger partial charge in [0, 0.05) is 16.2 Å². The van der Waals surface area contributed by atoms with Crippen molar-refractivity contribution in [3.63, 3.8) is 0 Å². The van der Waals surface area contributed by atoms with Crippen molar-refractivity contribution in [1.29, 1.82) is 0 Å². The molecular weight excluding hydrogens is 341 g/mol. The van der Waals surface area contributed by atoms with Gasteiger partial charge in [0.1, 0.15) is 0 Å². The molecule has 1 aliphatic rings. The van der Waals surface area contributed by atoms with Gasteiger partial charge < -0.3 is 11.1 Å². The SMILES string of the molecule is N[C@@H]1CCCN(CC(=O)Nc2ccccc2I)C1. The van der Waals surface area contributed by atoms with Crippen molar-refractivity contribution in [3.8, 4) is 0 Å². The lowest BCUT2D eigenvalue weighted by molar-refractivity contribution is -0.117. The highest BCUT2D eigenvalue weighted by molar-refractivity contribution is 14.1. The summed E-state index contributed by atoms with van der Waals surface area (Å²) < 4.78 is 1.05. The maximum absolute atomic E-state index is 11.9. The van der Waals surface area contributed by atoms with E-state index >= 15 is 0 Å². The van der Waals surface area contributed by atoms with Gasteiger partial charge in [0.25, 0.3) is 0 Å². The second-order valence-corrected chi connectivity index (χ2v) is 5.83. The number of nitrogens with one attached hydrogen (secondary N) is 1. The van der Waals surface area contributed by atoms with Gasteiger partial charge >= 0.3 is 0 Å². The molecule has 98 valence electrons. The summed E-state index contributed by atoms with van der Waals surface area (Å²) >= 11 is 2.22. The van der Waals surface area contributed by atoms with Crippen LogP contribution in [-0.4, -0.2) is 36.5 Å². The maximum atomic E-state index is 11.9. The van der Waals surface area contributed by atoms with Crippen molar-refractivity contribution < 1.29 is 4.79 Å². The first-order valence-corrected chi connectivity index (χ1v) is 7.25. The highest BCUT2D eigenvalue weighted by Gasteiger charge is 2.18. The molecule has 0 aliphatic carbocycles. The van der Waals surface area contributed by atoms with Gasteiger partial charge in [0.2, 0.25) is 5.91 Å². The Bertz CT molecular complexity index is 424. The monoisotopic (exact) mass is 359 g/mol. The fourth-order valence-corrected chi connectivity index (χ4v) is 2.71. The van der Waals surface area contributed by atoms with E-state index in [0.717, 1.165) is 35.2 Å². The van der Waals surface area contributed by atoms with Gasteiger partial charge in [0.15, 0.2) is 0 Å². The Morgan fingerprint density at radius 2 is 2.28 bits per heavy atom. The van der Waals surface area contributed by atoms with Crippen LogP contribution in [0.3, 0.4) is 0 Å². The molecule has 1 aliphatic heterocycles. The number of likely N-dealkylation sites (tertiary alicyclic amines) is 1. The largest absolute Gasteiger partial charge is 0.327 e. The van der Waals surface area contributed by atoms with Crippen molar-refractivity contribution in [1.82, 2.24) is 4.90 Å². The molecule has 0 unspecified atom stereocenters. The lowest BCUT2D eigenvalue weighted by Crippen LogP contribution is -2.45. The molecule has 18 heavy (non-hydrogen) atoms. The topological polar surface area (TPSA) is 58.4 Å². The highest BCUT2D eigenvalue weighted by Crippen LogP contribution is 2.17. The van der Waals surface area contributed by atoms with Gasteiger partial charge in [-0.05, 0) is 54.1 Å². The smallest absolute Gasteiger partial charge is 0.238 e. The third-order valence-corrected chi connectivity index (χ3v) is 4.00. The molecule has 1 aromatic rings. The minimum atomic E-state index is 0.0354. The van der Waals surface area contributed by atoms with Crippen LogP contribution in [0, 0.1) is 3.57 Å². The van der Waals surface area contributed by atoms with Gasteiger partial charge in [-0.2, -0.15) is 0 Å². The molecular formula is C13H18IN3O. The number of hydrogen-bond donors (Lipinski definition) is 2. The standard InChI is InChI=1S/C13H18IN3O/c14-11-5-1-2-6-12(11)16-13(18)9-17-7-3-4-10(15)8-17/h1-2,5-6,10H,3-4,7-9,15H2,(H,16,18)/t10-/m1/s1. The van der Waals surface area contributed by atoms with Crippen LogP contribution < -0.4 is 11.1 Å². The molecule has 1 amide bonds. The van der Waals surface area contributed by atoms with E-state index in [1.54, 1.807) is 0 Å². The minimum Gasteiger partial charge on any atom is -0.327 e. The predicted molar refractivity (Wildman–Crippen MR) is 81.4 cm³/mol. The first-order valence-electron chi connectivity index (χ1n) is 6.17. The fraction of sp³-hybridized carbons (Fsp3) is 0.462. The number of nitrogens with two attached hydrogens (primary N) is 1. The molecule has 1 saturated heterocycles. The van der Waals surface area contributed by atoms with Crippen LogP contribution in [0.1, 0.15) is 12.8 Å². The maximum Gasteiger partial charge on any atom is 0.238 e. The van der Waals surface area contributed by atoms with Crippen LogP contribution in [0.25, 0.3) is 0 Å². The summed E-state index contributed by atoms with van der Waals surface area (Å²) in [5.41, 5.74) is 6.78. The van der Waals surface area contributed by atoms with Crippen molar-refractivity contribution in [2.75, 3.05) is 25.0 Å². The summed E-state index contributed by atoms with van der Waals surface area (Å²) in [7, 11) is 0. The van der Waals surface area contributed by atoms with Crippen molar-refractivity contribution >= 4 is 34.2 Å². The molecule has 5 heteroatoms. The van der Waals surface area contributed by atoms with Gasteiger partial charge in [-0.3, -0.25) is 9.69 Å². The van der Waals surface area contributed by atoms with E-state index in [2.05, 4.69) is 32.8 Å². The van der Waals surface area contributed by atoms with Crippen LogP contribution in [0.4, 0.5) is 5.69 Å². The normalized spacial score (nSPS) is 20.7. The number of piperidine rings is 1. The van der Waals surface area contributed by atoms with E-state index in [0.29, 0.717) is 6.54 Å². The zero-order chi connectivity index (χ0) is 13.0. The third kappa shape index (κ3) is 3.93. The molecule has 1 atom stereocenters. The summed E-state index contributed by atoms with van der Waals surface area (Å²) in [6.07, 6.45) is 2.14. The predicted octanol–water partition coefficient (Wildman–Crippen LogP) is 1.65. The van der Waals surface area contributed by atoms with E-state index in [1.165, 1.54) is 0 Å². The summed E-state index contributed by atoms with van der Waals surface area (Å²) in [6, 6.07) is 7.99. The average Bonchev–Trinajstić information content (AvgIpc) is 2.32. The Balaban J connectivity index is 1.87. The molecule has 0 spiro atoms. The minimum absolute atomic E-state index is 0.0354. The molecule has 1 heterocycles. The van der Waals surface area contributed by atoms with Gasteiger partial charge in [0.05, 0.1) is 12.2 Å². The number of hydrogen-bond acceptors (Lipinski definition) is 3. The van der Waals surface area contributed by atoms with E-state index < -0.39 is 0 Å². The molecule has 0 saturated carbocycles. The lowest BCUT2D eigenvalue weighted by atomic mass is 10.1. The molecule has 2 rings (SSSR count). The average molecular weight is 359 g/mol. The van der Waals surface area contributed by atoms with Crippen LogP contribution in [0.2, 0.25) is 0 Å². The van der Waals surface area contributed by atoms with Gasteiger partial charge in [-0.25, -0.2) is 0 Å². The Labute approximate surface area is 121 Å². The highest BCUT2D eigenvalue weighted by atomic mass is 127. The number of benzene rings is 1. The molecule has 0 aromatic heterocycles. The van der Waals surface area contributed by atoms with Crippen LogP contribution in [-0.2, 0) is 4.79 Å². The number of rotatable bonds is 3. The first kappa shape index (κ1) is 13.8. The first-order chi connectivity index (χ1) is 8.65. The Kier molecular flexibility index (Phi) is 4.96. The third-order valence-electron chi connectivity index (χ3n) is 3.06. The number of amides is 1. The second kappa shape index (κ2) is 6.49. The molecule has 0 radical (unpaired) electrons. The Morgan fingerprint density at radius 1 is 1.50 bits per heavy atom. The number of carbonyl (C=O) groups is 1. The quantitative estimate of drug-likeness (QED) is 0.807. The van der Waals surface area contributed by atoms with Crippen LogP contribution >= 0.6 is 22.6 Å². The Morgan fingerprint density at radius 3 is 3.00 bits per heavy atom. The zero-order valence-electron chi connectivity index (χ0n) is 10.2. The summed E-state index contributed by atoms with van der Waals surface area (Å²) in [6.45, 7) is 2.21. The van der Waals surface area contributed by atoms with Crippen LogP contribution in [0.15, 0.2) is 24.3 Å². The number of halogens is 1. The number of nitrogens with zero attached hydrogens (tertiary/aromatic N) is 1. The summed E-state index contributed by atoms with van der Waals surface area (Å²) in [4.78, 5) is 14.1. The van der Waals surface area contributed by atoms with Crippen molar-refractivity contribution in [2.45, 2.75) is 18.9 Å². The van der Waals surface area contributed by atoms with E-state index in [1.807, 2.05) is 24.3 Å².